The lowest BCUT2D eigenvalue weighted by Crippen LogP contribution is -2.22. The Morgan fingerprint density at radius 2 is 2.16 bits per heavy atom. The van der Waals surface area contributed by atoms with Crippen LogP contribution in [0.2, 0.25) is 10.0 Å². The molecule has 2 aromatic rings. The van der Waals surface area contributed by atoms with E-state index in [1.165, 1.54) is 0 Å². The van der Waals surface area contributed by atoms with Gasteiger partial charge < -0.3 is 5.32 Å². The van der Waals surface area contributed by atoms with Crippen molar-refractivity contribution in [3.05, 3.63) is 49.3 Å². The van der Waals surface area contributed by atoms with Crippen LogP contribution in [0, 0.1) is 3.57 Å². The number of rotatable bonds is 4. The lowest BCUT2D eigenvalue weighted by atomic mass is 10.0. The highest BCUT2D eigenvalue weighted by Crippen LogP contribution is 2.32. The summed E-state index contributed by atoms with van der Waals surface area (Å²) in [6.07, 6.45) is 1.68. The standard InChI is InChI=1S/C13H14Cl2IN3/c1-3-19-13(10(15)7-18-19)12(17-2)9-6-8(14)4-5-11(9)16/h4-7,12,17H,3H2,1-2H3. The summed E-state index contributed by atoms with van der Waals surface area (Å²) in [4.78, 5) is 0. The summed E-state index contributed by atoms with van der Waals surface area (Å²) >= 11 is 14.7. The zero-order chi connectivity index (χ0) is 14.0. The molecule has 0 spiro atoms. The molecule has 0 saturated heterocycles. The van der Waals surface area contributed by atoms with Crippen LogP contribution in [0.4, 0.5) is 0 Å². The summed E-state index contributed by atoms with van der Waals surface area (Å²) in [5.41, 5.74) is 2.07. The lowest BCUT2D eigenvalue weighted by molar-refractivity contribution is 0.562. The highest BCUT2D eigenvalue weighted by molar-refractivity contribution is 14.1. The van der Waals surface area contributed by atoms with Crippen LogP contribution in [0.25, 0.3) is 0 Å². The van der Waals surface area contributed by atoms with E-state index in [2.05, 4.69) is 33.0 Å². The van der Waals surface area contributed by atoms with E-state index in [0.717, 1.165) is 21.4 Å². The molecule has 1 atom stereocenters. The Labute approximate surface area is 136 Å². The van der Waals surface area contributed by atoms with Crippen molar-refractivity contribution in [1.29, 1.82) is 0 Å². The Balaban J connectivity index is 2.56. The van der Waals surface area contributed by atoms with Gasteiger partial charge in [-0.2, -0.15) is 5.10 Å². The van der Waals surface area contributed by atoms with Gasteiger partial charge in [0, 0.05) is 15.1 Å². The first-order chi connectivity index (χ1) is 9.08. The third-order valence-corrected chi connectivity index (χ3v) is 4.47. The second-order valence-electron chi connectivity index (χ2n) is 4.08. The molecule has 1 N–H and O–H groups in total. The van der Waals surface area contributed by atoms with Crippen LogP contribution in [0.5, 0.6) is 0 Å². The molecule has 0 aliphatic heterocycles. The Bertz CT molecular complexity index is 583. The average molecular weight is 410 g/mol. The Morgan fingerprint density at radius 3 is 2.79 bits per heavy atom. The number of halogens is 3. The first-order valence-corrected chi connectivity index (χ1v) is 7.75. The molecule has 1 aromatic heterocycles. The summed E-state index contributed by atoms with van der Waals surface area (Å²) in [5.74, 6) is 0. The molecule has 0 fully saturated rings. The van der Waals surface area contributed by atoms with Crippen LogP contribution in [-0.2, 0) is 6.54 Å². The number of aryl methyl sites for hydroxylation is 1. The number of hydrogen-bond acceptors (Lipinski definition) is 2. The summed E-state index contributed by atoms with van der Waals surface area (Å²) in [7, 11) is 1.91. The molecule has 1 unspecified atom stereocenters. The van der Waals surface area contributed by atoms with E-state index in [1.54, 1.807) is 6.20 Å². The number of nitrogens with zero attached hydrogens (tertiary/aromatic N) is 2. The van der Waals surface area contributed by atoms with Crippen molar-refractivity contribution >= 4 is 45.8 Å². The quantitative estimate of drug-likeness (QED) is 0.769. The third kappa shape index (κ3) is 3.07. The molecule has 1 heterocycles. The van der Waals surface area contributed by atoms with Gasteiger partial charge in [-0.1, -0.05) is 23.2 Å². The van der Waals surface area contributed by atoms with Gasteiger partial charge in [0.2, 0.25) is 0 Å². The normalized spacial score (nSPS) is 12.7. The Kier molecular flexibility index (Phi) is 5.11. The van der Waals surface area contributed by atoms with E-state index in [4.69, 9.17) is 23.2 Å². The summed E-state index contributed by atoms with van der Waals surface area (Å²) in [5, 5.41) is 8.97. The first kappa shape index (κ1) is 15.1. The lowest BCUT2D eigenvalue weighted by Gasteiger charge is -2.20. The van der Waals surface area contributed by atoms with E-state index in [9.17, 15) is 0 Å². The second-order valence-corrected chi connectivity index (χ2v) is 6.09. The maximum Gasteiger partial charge on any atom is 0.0837 e. The van der Waals surface area contributed by atoms with Gasteiger partial charge in [-0.05, 0) is 60.3 Å². The molecule has 102 valence electrons. The molecule has 2 rings (SSSR count). The van der Waals surface area contributed by atoms with Crippen LogP contribution in [-0.4, -0.2) is 16.8 Å². The summed E-state index contributed by atoms with van der Waals surface area (Å²) in [6, 6.07) is 5.83. The molecule has 3 nitrogen and oxygen atoms in total. The van der Waals surface area contributed by atoms with E-state index in [-0.39, 0.29) is 6.04 Å². The van der Waals surface area contributed by atoms with Gasteiger partial charge in [0.05, 0.1) is 23.0 Å². The number of benzene rings is 1. The van der Waals surface area contributed by atoms with E-state index >= 15 is 0 Å². The fourth-order valence-corrected chi connectivity index (χ4v) is 3.16. The molecule has 0 amide bonds. The van der Waals surface area contributed by atoms with Crippen molar-refractivity contribution in [2.24, 2.45) is 0 Å². The zero-order valence-electron chi connectivity index (χ0n) is 10.6. The monoisotopic (exact) mass is 409 g/mol. The summed E-state index contributed by atoms with van der Waals surface area (Å²) < 4.78 is 3.04. The topological polar surface area (TPSA) is 29.9 Å². The smallest absolute Gasteiger partial charge is 0.0837 e. The van der Waals surface area contributed by atoms with Gasteiger partial charge in [-0.3, -0.25) is 4.68 Å². The Morgan fingerprint density at radius 1 is 1.42 bits per heavy atom. The van der Waals surface area contributed by atoms with Crippen LogP contribution in [0.3, 0.4) is 0 Å². The van der Waals surface area contributed by atoms with Gasteiger partial charge in [0.15, 0.2) is 0 Å². The molecule has 19 heavy (non-hydrogen) atoms. The molecule has 1 aromatic carbocycles. The van der Waals surface area contributed by atoms with Gasteiger partial charge in [0.25, 0.3) is 0 Å². The van der Waals surface area contributed by atoms with Crippen LogP contribution < -0.4 is 5.32 Å². The predicted octanol–water partition coefficient (Wildman–Crippen LogP) is 4.12. The van der Waals surface area contributed by atoms with Crippen molar-refractivity contribution < 1.29 is 0 Å². The zero-order valence-corrected chi connectivity index (χ0v) is 14.3. The first-order valence-electron chi connectivity index (χ1n) is 5.91. The molecule has 0 saturated carbocycles. The van der Waals surface area contributed by atoms with Crippen molar-refractivity contribution in [3.63, 3.8) is 0 Å². The van der Waals surface area contributed by atoms with Gasteiger partial charge in [-0.25, -0.2) is 0 Å². The highest BCUT2D eigenvalue weighted by Gasteiger charge is 2.22. The fourth-order valence-electron chi connectivity index (χ4n) is 2.09. The fraction of sp³-hybridized carbons (Fsp3) is 0.308. The minimum Gasteiger partial charge on any atom is -0.308 e. The number of aromatic nitrogens is 2. The van der Waals surface area contributed by atoms with Gasteiger partial charge in [-0.15, -0.1) is 0 Å². The molecule has 0 radical (unpaired) electrons. The van der Waals surface area contributed by atoms with Gasteiger partial charge in [0.1, 0.15) is 0 Å². The van der Waals surface area contributed by atoms with Crippen molar-refractivity contribution in [2.75, 3.05) is 7.05 Å². The molecule has 0 bridgehead atoms. The minimum absolute atomic E-state index is 0.0273. The summed E-state index contributed by atoms with van der Waals surface area (Å²) in [6.45, 7) is 2.82. The van der Waals surface area contributed by atoms with Crippen molar-refractivity contribution in [3.8, 4) is 0 Å². The maximum atomic E-state index is 6.28. The average Bonchev–Trinajstić information content (AvgIpc) is 2.76. The molecule has 0 aliphatic rings. The van der Waals surface area contributed by atoms with Crippen molar-refractivity contribution in [2.45, 2.75) is 19.5 Å². The number of hydrogen-bond donors (Lipinski definition) is 1. The second kappa shape index (κ2) is 6.43. The van der Waals surface area contributed by atoms with Crippen molar-refractivity contribution in [1.82, 2.24) is 15.1 Å². The maximum absolute atomic E-state index is 6.28. The minimum atomic E-state index is -0.0273. The predicted molar refractivity (Wildman–Crippen MR) is 88.0 cm³/mol. The number of nitrogens with one attached hydrogen (secondary N) is 1. The van der Waals surface area contributed by atoms with Gasteiger partial charge >= 0.3 is 0 Å². The van der Waals surface area contributed by atoms with Crippen LogP contribution in [0.1, 0.15) is 24.2 Å². The SMILES string of the molecule is CCn1ncc(Cl)c1C(NC)c1cc(Cl)ccc1I. The Hall–Kier alpha value is -0.300. The molecule has 6 heteroatoms. The largest absolute Gasteiger partial charge is 0.308 e. The highest BCUT2D eigenvalue weighted by atomic mass is 127. The van der Waals surface area contributed by atoms with E-state index < -0.39 is 0 Å². The van der Waals surface area contributed by atoms with E-state index in [0.29, 0.717) is 10.0 Å². The molecule has 0 aliphatic carbocycles. The van der Waals surface area contributed by atoms with Crippen LogP contribution >= 0.6 is 45.8 Å². The molecular formula is C13H14Cl2IN3. The van der Waals surface area contributed by atoms with Crippen LogP contribution in [0.15, 0.2) is 24.4 Å². The van der Waals surface area contributed by atoms with E-state index in [1.807, 2.05) is 36.9 Å². The third-order valence-electron chi connectivity index (χ3n) is 2.96. The molecular weight excluding hydrogens is 396 g/mol.